The standard InChI is InChI=1S/C12H15N/c1-5-13-11(4)12-7-6-9(2)10(3)8-12/h5-8H,4H2,1-3H3. The van der Waals surface area contributed by atoms with E-state index in [1.54, 1.807) is 6.21 Å². The topological polar surface area (TPSA) is 12.4 Å². The van der Waals surface area contributed by atoms with Gasteiger partial charge < -0.3 is 0 Å². The van der Waals surface area contributed by atoms with Gasteiger partial charge in [0.15, 0.2) is 0 Å². The lowest BCUT2D eigenvalue weighted by Crippen LogP contribution is -1.85. The van der Waals surface area contributed by atoms with Crippen molar-refractivity contribution in [3.63, 3.8) is 0 Å². The van der Waals surface area contributed by atoms with E-state index in [0.717, 1.165) is 11.3 Å². The van der Waals surface area contributed by atoms with Crippen LogP contribution in [-0.4, -0.2) is 6.21 Å². The molecule has 1 aromatic rings. The Balaban J connectivity index is 3.04. The third-order valence-corrected chi connectivity index (χ3v) is 2.13. The molecule has 1 nitrogen and oxygen atoms in total. The van der Waals surface area contributed by atoms with E-state index in [2.05, 4.69) is 43.6 Å². The summed E-state index contributed by atoms with van der Waals surface area (Å²) in [4.78, 5) is 4.15. The number of aryl methyl sites for hydroxylation is 2. The van der Waals surface area contributed by atoms with Crippen molar-refractivity contribution in [1.82, 2.24) is 0 Å². The zero-order valence-electron chi connectivity index (χ0n) is 8.46. The SMILES string of the molecule is C=C(N=CC)c1ccc(C)c(C)c1. The van der Waals surface area contributed by atoms with Crippen molar-refractivity contribution in [2.45, 2.75) is 20.8 Å². The molecule has 0 unspecified atom stereocenters. The molecule has 0 radical (unpaired) electrons. The monoisotopic (exact) mass is 173 g/mol. The molecule has 0 saturated carbocycles. The van der Waals surface area contributed by atoms with Gasteiger partial charge in [-0.05, 0) is 43.5 Å². The molecule has 0 aliphatic heterocycles. The number of rotatable bonds is 2. The van der Waals surface area contributed by atoms with Gasteiger partial charge in [-0.1, -0.05) is 18.7 Å². The Morgan fingerprint density at radius 1 is 1.31 bits per heavy atom. The summed E-state index contributed by atoms with van der Waals surface area (Å²) in [6.07, 6.45) is 1.76. The molecule has 1 rings (SSSR count). The zero-order chi connectivity index (χ0) is 9.84. The van der Waals surface area contributed by atoms with Gasteiger partial charge in [0.2, 0.25) is 0 Å². The maximum Gasteiger partial charge on any atom is 0.0626 e. The van der Waals surface area contributed by atoms with Crippen molar-refractivity contribution in [2.75, 3.05) is 0 Å². The van der Waals surface area contributed by atoms with Gasteiger partial charge >= 0.3 is 0 Å². The third kappa shape index (κ3) is 2.28. The second kappa shape index (κ2) is 4.04. The summed E-state index contributed by atoms with van der Waals surface area (Å²) >= 11 is 0. The van der Waals surface area contributed by atoms with Gasteiger partial charge in [0.25, 0.3) is 0 Å². The van der Waals surface area contributed by atoms with Crippen LogP contribution in [0.5, 0.6) is 0 Å². The lowest BCUT2D eigenvalue weighted by atomic mass is 10.1. The van der Waals surface area contributed by atoms with E-state index in [0.29, 0.717) is 0 Å². The number of hydrogen-bond acceptors (Lipinski definition) is 1. The van der Waals surface area contributed by atoms with Crippen LogP contribution in [0.3, 0.4) is 0 Å². The first-order chi connectivity index (χ1) is 6.15. The highest BCUT2D eigenvalue weighted by Crippen LogP contribution is 2.17. The highest BCUT2D eigenvalue weighted by atomic mass is 14.7. The number of nitrogens with zero attached hydrogens (tertiary/aromatic N) is 1. The van der Waals surface area contributed by atoms with E-state index in [-0.39, 0.29) is 0 Å². The Kier molecular flexibility index (Phi) is 3.02. The molecule has 0 aromatic heterocycles. The molecule has 0 heterocycles. The Hall–Kier alpha value is -1.37. The molecule has 0 N–H and O–H groups in total. The summed E-state index contributed by atoms with van der Waals surface area (Å²) in [6, 6.07) is 6.27. The lowest BCUT2D eigenvalue weighted by molar-refractivity contribution is 1.32. The highest BCUT2D eigenvalue weighted by molar-refractivity contribution is 5.71. The van der Waals surface area contributed by atoms with Crippen LogP contribution in [-0.2, 0) is 0 Å². The first kappa shape index (κ1) is 9.72. The predicted octanol–water partition coefficient (Wildman–Crippen LogP) is 3.36. The average Bonchev–Trinajstić information content (AvgIpc) is 2.10. The fourth-order valence-corrected chi connectivity index (χ4v) is 1.15. The summed E-state index contributed by atoms with van der Waals surface area (Å²) in [5.41, 5.74) is 4.51. The molecular formula is C12H15N. The quantitative estimate of drug-likeness (QED) is 0.608. The smallest absolute Gasteiger partial charge is 0.0626 e. The summed E-state index contributed by atoms with van der Waals surface area (Å²) in [5, 5.41) is 0. The zero-order valence-corrected chi connectivity index (χ0v) is 8.46. The minimum atomic E-state index is 0.825. The number of aliphatic imine (C=N–C) groups is 1. The van der Waals surface area contributed by atoms with Gasteiger partial charge in [-0.25, -0.2) is 0 Å². The van der Waals surface area contributed by atoms with Crippen LogP contribution >= 0.6 is 0 Å². The van der Waals surface area contributed by atoms with Gasteiger partial charge in [-0.3, -0.25) is 4.99 Å². The summed E-state index contributed by atoms with van der Waals surface area (Å²) < 4.78 is 0. The Labute approximate surface area is 79.8 Å². The molecule has 13 heavy (non-hydrogen) atoms. The average molecular weight is 173 g/mol. The van der Waals surface area contributed by atoms with Gasteiger partial charge in [0, 0.05) is 6.21 Å². The Morgan fingerprint density at radius 3 is 2.54 bits per heavy atom. The fraction of sp³-hybridized carbons (Fsp3) is 0.250. The molecule has 0 fully saturated rings. The number of benzene rings is 1. The van der Waals surface area contributed by atoms with Crippen molar-refractivity contribution >= 4 is 11.9 Å². The van der Waals surface area contributed by atoms with Gasteiger partial charge in [-0.2, -0.15) is 0 Å². The molecule has 0 saturated heterocycles. The molecule has 1 heteroatoms. The molecule has 68 valence electrons. The van der Waals surface area contributed by atoms with Gasteiger partial charge in [0.05, 0.1) is 5.70 Å². The van der Waals surface area contributed by atoms with E-state index in [4.69, 9.17) is 0 Å². The lowest BCUT2D eigenvalue weighted by Gasteiger charge is -2.03. The normalized spacial score (nSPS) is 10.7. The van der Waals surface area contributed by atoms with Crippen LogP contribution < -0.4 is 0 Å². The third-order valence-electron chi connectivity index (χ3n) is 2.13. The molecule has 0 aliphatic carbocycles. The summed E-state index contributed by atoms with van der Waals surface area (Å²) in [5.74, 6) is 0. The molecule has 0 amide bonds. The van der Waals surface area contributed by atoms with Crippen molar-refractivity contribution in [1.29, 1.82) is 0 Å². The van der Waals surface area contributed by atoms with Crippen LogP contribution in [0.15, 0.2) is 29.8 Å². The Morgan fingerprint density at radius 2 is 2.00 bits per heavy atom. The molecular weight excluding hydrogens is 158 g/mol. The summed E-state index contributed by atoms with van der Waals surface area (Å²) in [6.45, 7) is 9.98. The first-order valence-electron chi connectivity index (χ1n) is 4.40. The van der Waals surface area contributed by atoms with E-state index in [9.17, 15) is 0 Å². The molecule has 0 aliphatic rings. The van der Waals surface area contributed by atoms with Crippen LogP contribution in [0.1, 0.15) is 23.6 Å². The largest absolute Gasteiger partial charge is 0.262 e. The Bertz CT molecular complexity index is 348. The van der Waals surface area contributed by atoms with E-state index >= 15 is 0 Å². The number of hydrogen-bond donors (Lipinski definition) is 0. The molecule has 0 spiro atoms. The molecule has 0 atom stereocenters. The highest BCUT2D eigenvalue weighted by Gasteiger charge is 1.97. The summed E-state index contributed by atoms with van der Waals surface area (Å²) in [7, 11) is 0. The van der Waals surface area contributed by atoms with Crippen LogP contribution in [0.2, 0.25) is 0 Å². The van der Waals surface area contributed by atoms with Crippen molar-refractivity contribution in [3.05, 3.63) is 41.5 Å². The van der Waals surface area contributed by atoms with E-state index < -0.39 is 0 Å². The van der Waals surface area contributed by atoms with Crippen molar-refractivity contribution < 1.29 is 0 Å². The van der Waals surface area contributed by atoms with Crippen LogP contribution in [0, 0.1) is 13.8 Å². The second-order valence-electron chi connectivity index (χ2n) is 3.13. The van der Waals surface area contributed by atoms with Crippen molar-refractivity contribution in [2.24, 2.45) is 4.99 Å². The van der Waals surface area contributed by atoms with E-state index in [1.807, 2.05) is 6.92 Å². The maximum absolute atomic E-state index is 4.15. The van der Waals surface area contributed by atoms with Crippen molar-refractivity contribution in [3.8, 4) is 0 Å². The first-order valence-corrected chi connectivity index (χ1v) is 4.40. The minimum Gasteiger partial charge on any atom is -0.262 e. The van der Waals surface area contributed by atoms with Crippen LogP contribution in [0.4, 0.5) is 0 Å². The fourth-order valence-electron chi connectivity index (χ4n) is 1.15. The predicted molar refractivity (Wildman–Crippen MR) is 59.1 cm³/mol. The van der Waals surface area contributed by atoms with Crippen LogP contribution in [0.25, 0.3) is 5.70 Å². The minimum absolute atomic E-state index is 0.825. The van der Waals surface area contributed by atoms with E-state index in [1.165, 1.54) is 11.1 Å². The second-order valence-corrected chi connectivity index (χ2v) is 3.13. The maximum atomic E-state index is 4.15. The molecule has 0 bridgehead atoms. The molecule has 1 aromatic carbocycles. The van der Waals surface area contributed by atoms with Gasteiger partial charge in [-0.15, -0.1) is 0 Å². The van der Waals surface area contributed by atoms with Gasteiger partial charge in [0.1, 0.15) is 0 Å².